The van der Waals surface area contributed by atoms with Crippen LogP contribution < -0.4 is 0 Å². The number of carbonyl (C=O) groups excluding carboxylic acids is 2. The number of Topliss-reactive ketones (excluding diaryl/α,β-unsaturated/α-hetero) is 1. The van der Waals surface area contributed by atoms with Gasteiger partial charge in [0.1, 0.15) is 6.61 Å². The number of hydrogen-bond acceptors (Lipinski definition) is 7. The second kappa shape index (κ2) is 13.1. The summed E-state index contributed by atoms with van der Waals surface area (Å²) in [4.78, 5) is 33.5. The van der Waals surface area contributed by atoms with Gasteiger partial charge in [-0.25, -0.2) is 4.79 Å². The Kier molecular flexibility index (Phi) is 10.8. The Morgan fingerprint density at radius 1 is 0.760 bits per heavy atom. The number of carboxylic acids is 1. The number of aliphatic carboxylic acids is 1. The van der Waals surface area contributed by atoms with Crippen LogP contribution in [0.2, 0.25) is 0 Å². The molecule has 8 heteroatoms. The van der Waals surface area contributed by atoms with Crippen LogP contribution in [-0.2, 0) is 28.5 Å². The number of benzene rings is 1. The number of esters is 1. The van der Waals surface area contributed by atoms with Gasteiger partial charge in [0.15, 0.2) is 0 Å². The molecule has 0 unspecified atom stereocenters. The molecule has 0 spiro atoms. The van der Waals surface area contributed by atoms with E-state index < -0.39 is 17.7 Å². The molecule has 0 saturated carbocycles. The smallest absolute Gasteiger partial charge is 0.379 e. The third-order valence-corrected chi connectivity index (χ3v) is 2.89. The van der Waals surface area contributed by atoms with E-state index in [4.69, 9.17) is 24.1 Å². The fraction of sp³-hybridized carbons (Fsp3) is 0.471. The molecule has 1 aromatic carbocycles. The van der Waals surface area contributed by atoms with E-state index in [9.17, 15) is 14.4 Å². The first-order chi connectivity index (χ1) is 12.1. The summed E-state index contributed by atoms with van der Waals surface area (Å²) >= 11 is 0. The van der Waals surface area contributed by atoms with Crippen LogP contribution in [0.4, 0.5) is 0 Å². The van der Waals surface area contributed by atoms with Gasteiger partial charge in [0, 0.05) is 5.56 Å². The second-order valence-electron chi connectivity index (χ2n) is 4.81. The second-order valence-corrected chi connectivity index (χ2v) is 4.81. The zero-order chi connectivity index (χ0) is 18.3. The van der Waals surface area contributed by atoms with Crippen molar-refractivity contribution in [3.63, 3.8) is 0 Å². The van der Waals surface area contributed by atoms with Crippen LogP contribution in [0, 0.1) is 0 Å². The van der Waals surface area contributed by atoms with Crippen molar-refractivity contribution in [1.82, 2.24) is 0 Å². The maximum Gasteiger partial charge on any atom is 0.379 e. The van der Waals surface area contributed by atoms with Gasteiger partial charge in [0.25, 0.3) is 5.78 Å². The average molecular weight is 354 g/mol. The van der Waals surface area contributed by atoms with Crippen LogP contribution in [0.25, 0.3) is 0 Å². The molecule has 0 aromatic heterocycles. The third-order valence-electron chi connectivity index (χ3n) is 2.89. The lowest BCUT2D eigenvalue weighted by molar-refractivity contribution is -0.140. The predicted octanol–water partition coefficient (Wildman–Crippen LogP) is 0.937. The number of ketones is 1. The third kappa shape index (κ3) is 10.2. The van der Waals surface area contributed by atoms with Crippen LogP contribution in [-0.4, -0.2) is 69.1 Å². The summed E-state index contributed by atoms with van der Waals surface area (Å²) in [5.41, 5.74) is 0.285. The number of carboxylic acid groups (broad SMARTS) is 1. The highest BCUT2D eigenvalue weighted by atomic mass is 16.6. The van der Waals surface area contributed by atoms with E-state index in [0.29, 0.717) is 26.4 Å². The maximum atomic E-state index is 11.7. The number of ether oxygens (including phenoxy) is 4. The van der Waals surface area contributed by atoms with Crippen molar-refractivity contribution in [3.05, 3.63) is 35.9 Å². The zero-order valence-electron chi connectivity index (χ0n) is 13.8. The molecule has 0 aliphatic carbocycles. The van der Waals surface area contributed by atoms with Crippen molar-refractivity contribution >= 4 is 17.7 Å². The minimum absolute atomic E-state index is 0.0181. The van der Waals surface area contributed by atoms with Crippen molar-refractivity contribution in [3.8, 4) is 0 Å². The monoisotopic (exact) mass is 354 g/mol. The van der Waals surface area contributed by atoms with Crippen LogP contribution in [0.1, 0.15) is 16.8 Å². The van der Waals surface area contributed by atoms with Crippen molar-refractivity contribution in [2.75, 3.05) is 46.2 Å². The summed E-state index contributed by atoms with van der Waals surface area (Å²) < 4.78 is 20.3. The van der Waals surface area contributed by atoms with Crippen LogP contribution >= 0.6 is 0 Å². The Balaban J connectivity index is 1.92. The highest BCUT2D eigenvalue weighted by Gasteiger charge is 2.16. The standard InChI is InChI=1S/C17H22O8/c18-15(19)6-7-22-8-9-23-10-11-24-12-13-25-17(21)16(20)14-4-2-1-3-5-14/h1-5H,6-13H2,(H,18,19). The van der Waals surface area contributed by atoms with Crippen LogP contribution in [0.5, 0.6) is 0 Å². The first-order valence-corrected chi connectivity index (χ1v) is 7.83. The topological polar surface area (TPSA) is 108 Å². The molecule has 0 fully saturated rings. The molecule has 0 aliphatic heterocycles. The molecular formula is C17H22O8. The van der Waals surface area contributed by atoms with E-state index >= 15 is 0 Å². The maximum absolute atomic E-state index is 11.7. The van der Waals surface area contributed by atoms with Crippen molar-refractivity contribution in [2.45, 2.75) is 6.42 Å². The van der Waals surface area contributed by atoms with Crippen molar-refractivity contribution < 1.29 is 38.4 Å². The van der Waals surface area contributed by atoms with E-state index in [-0.39, 0.29) is 31.8 Å². The molecule has 1 rings (SSSR count). The zero-order valence-corrected chi connectivity index (χ0v) is 13.8. The summed E-state index contributed by atoms with van der Waals surface area (Å²) in [7, 11) is 0. The van der Waals surface area contributed by atoms with Crippen molar-refractivity contribution in [2.24, 2.45) is 0 Å². The molecule has 0 amide bonds. The Labute approximate surface area is 145 Å². The summed E-state index contributed by atoms with van der Waals surface area (Å²) in [6.45, 7) is 1.58. The average Bonchev–Trinajstić information content (AvgIpc) is 2.62. The molecule has 0 bridgehead atoms. The highest BCUT2D eigenvalue weighted by Crippen LogP contribution is 2.01. The minimum atomic E-state index is -0.912. The van der Waals surface area contributed by atoms with E-state index in [0.717, 1.165) is 0 Å². The Morgan fingerprint density at radius 2 is 1.28 bits per heavy atom. The molecule has 25 heavy (non-hydrogen) atoms. The number of carbonyl (C=O) groups is 3. The first-order valence-electron chi connectivity index (χ1n) is 7.83. The van der Waals surface area contributed by atoms with Gasteiger partial charge < -0.3 is 24.1 Å². The van der Waals surface area contributed by atoms with Gasteiger partial charge in [0.05, 0.1) is 46.1 Å². The minimum Gasteiger partial charge on any atom is -0.481 e. The van der Waals surface area contributed by atoms with E-state index in [1.807, 2.05) is 0 Å². The van der Waals surface area contributed by atoms with E-state index in [2.05, 4.69) is 0 Å². The van der Waals surface area contributed by atoms with Crippen LogP contribution in [0.15, 0.2) is 30.3 Å². The SMILES string of the molecule is O=C(O)CCOCCOCCOCCOC(=O)C(=O)c1ccccc1. The lowest BCUT2D eigenvalue weighted by Crippen LogP contribution is -2.20. The summed E-state index contributed by atoms with van der Waals surface area (Å²) in [6, 6.07) is 8.17. The molecule has 0 saturated heterocycles. The molecule has 0 aliphatic rings. The fourth-order valence-electron chi connectivity index (χ4n) is 1.67. The Hall–Kier alpha value is -2.29. The van der Waals surface area contributed by atoms with Gasteiger partial charge in [-0.2, -0.15) is 0 Å². The molecule has 1 N–H and O–H groups in total. The Morgan fingerprint density at radius 3 is 1.84 bits per heavy atom. The molecule has 1 aromatic rings. The molecule has 0 radical (unpaired) electrons. The number of rotatable bonds is 14. The molecule has 138 valence electrons. The van der Waals surface area contributed by atoms with Gasteiger partial charge in [-0.1, -0.05) is 30.3 Å². The summed E-state index contributed by atoms with van der Waals surface area (Å²) in [5.74, 6) is -2.50. The quantitative estimate of drug-likeness (QED) is 0.228. The van der Waals surface area contributed by atoms with Gasteiger partial charge in [-0.05, 0) is 0 Å². The highest BCUT2D eigenvalue weighted by molar-refractivity contribution is 6.40. The van der Waals surface area contributed by atoms with Crippen LogP contribution in [0.3, 0.4) is 0 Å². The molecule has 8 nitrogen and oxygen atoms in total. The molecular weight excluding hydrogens is 332 g/mol. The molecule has 0 atom stereocenters. The lowest BCUT2D eigenvalue weighted by atomic mass is 10.1. The predicted molar refractivity (Wildman–Crippen MR) is 86.4 cm³/mol. The number of hydrogen-bond donors (Lipinski definition) is 1. The van der Waals surface area contributed by atoms with Gasteiger partial charge in [-0.15, -0.1) is 0 Å². The van der Waals surface area contributed by atoms with E-state index in [1.54, 1.807) is 30.3 Å². The van der Waals surface area contributed by atoms with E-state index in [1.165, 1.54) is 0 Å². The molecule has 0 heterocycles. The first kappa shape index (κ1) is 20.8. The van der Waals surface area contributed by atoms with Gasteiger partial charge in [-0.3, -0.25) is 9.59 Å². The van der Waals surface area contributed by atoms with Gasteiger partial charge >= 0.3 is 11.9 Å². The summed E-state index contributed by atoms with van der Waals surface area (Å²) in [6.07, 6.45) is -0.0331. The fourth-order valence-corrected chi connectivity index (χ4v) is 1.67. The summed E-state index contributed by atoms with van der Waals surface area (Å²) in [5, 5.41) is 8.40. The largest absolute Gasteiger partial charge is 0.481 e. The Bertz CT molecular complexity index is 529. The van der Waals surface area contributed by atoms with Gasteiger partial charge in [0.2, 0.25) is 0 Å². The normalized spacial score (nSPS) is 10.4. The van der Waals surface area contributed by atoms with Crippen molar-refractivity contribution in [1.29, 1.82) is 0 Å². The lowest BCUT2D eigenvalue weighted by Gasteiger charge is -2.07.